The van der Waals surface area contributed by atoms with Crippen molar-refractivity contribution in [2.45, 2.75) is 31.7 Å². The first kappa shape index (κ1) is 31.4. The van der Waals surface area contributed by atoms with Crippen LogP contribution < -0.4 is 9.84 Å². The monoisotopic (exact) mass is 645 g/mol. The molecule has 2 aliphatic heterocycles. The first-order valence-electron chi connectivity index (χ1n) is 14.9. The van der Waals surface area contributed by atoms with Crippen LogP contribution in [0.3, 0.4) is 0 Å². The predicted octanol–water partition coefficient (Wildman–Crippen LogP) is 2.79. The minimum absolute atomic E-state index is 0.0466. The number of urea groups is 1. The standard InChI is InChI=1S/C33H36N5O7P/c1-35-22-31(39)37-29(18-23-14-16-27(17-15-23)45-46(42,43)44)32(40)36(20-26-12-7-11-25-10-5-6-13-28(25)26)21-30(37)38(35)33(41)34-19-24-8-3-2-4-9-24/h2-17,29-30,42-44,46H,18-22H2,1H3,(H,34,41)/t29-,30-/m0/s1. The van der Waals surface area contributed by atoms with Gasteiger partial charge in [0.05, 0.1) is 0 Å². The van der Waals surface area contributed by atoms with Crippen LogP contribution >= 0.6 is 8.17 Å². The molecule has 0 aliphatic carbocycles. The number of piperazine rings is 1. The number of carbonyl (C=O) groups is 3. The molecule has 4 aromatic carbocycles. The van der Waals surface area contributed by atoms with Gasteiger partial charge in [-0.15, -0.1) is 0 Å². The Morgan fingerprint density at radius 3 is 2.33 bits per heavy atom. The van der Waals surface area contributed by atoms with E-state index in [1.165, 1.54) is 22.0 Å². The fraction of sp³-hybridized carbons (Fsp3) is 0.242. The van der Waals surface area contributed by atoms with Crippen molar-refractivity contribution in [2.24, 2.45) is 0 Å². The first-order chi connectivity index (χ1) is 22.1. The van der Waals surface area contributed by atoms with E-state index >= 15 is 0 Å². The van der Waals surface area contributed by atoms with E-state index in [1.807, 2.05) is 72.8 Å². The summed E-state index contributed by atoms with van der Waals surface area (Å²) in [6.45, 7) is 0.587. The van der Waals surface area contributed by atoms with Crippen LogP contribution in [0.1, 0.15) is 16.7 Å². The second-order valence-electron chi connectivity index (χ2n) is 11.5. The minimum atomic E-state index is -4.78. The molecule has 0 bridgehead atoms. The number of hydrazine groups is 1. The third-order valence-corrected chi connectivity index (χ3v) is 8.79. The van der Waals surface area contributed by atoms with Gasteiger partial charge in [-0.2, -0.15) is 0 Å². The zero-order valence-electron chi connectivity index (χ0n) is 25.2. The van der Waals surface area contributed by atoms with Gasteiger partial charge in [-0.1, -0.05) is 66.7 Å². The molecule has 4 aromatic rings. The van der Waals surface area contributed by atoms with Gasteiger partial charge in [-0.25, -0.2) is 0 Å². The van der Waals surface area contributed by atoms with Gasteiger partial charge < -0.3 is 0 Å². The summed E-state index contributed by atoms with van der Waals surface area (Å²) in [5, 5.41) is 8.13. The summed E-state index contributed by atoms with van der Waals surface area (Å²) in [4.78, 5) is 72.8. The fourth-order valence-electron chi connectivity index (χ4n) is 6.21. The molecule has 2 atom stereocenters. The van der Waals surface area contributed by atoms with Crippen molar-refractivity contribution in [1.29, 1.82) is 0 Å². The van der Waals surface area contributed by atoms with E-state index in [9.17, 15) is 29.1 Å². The quantitative estimate of drug-likeness (QED) is 0.214. The number of amides is 4. The smallest absolute Gasteiger partial charge is 0.0622 e. The molecular formula is C33H36N5O7P. The molecule has 240 valence electrons. The molecule has 6 rings (SSSR count). The topological polar surface area (TPSA) is 146 Å². The Balaban J connectivity index is 1.32. The van der Waals surface area contributed by atoms with E-state index in [1.54, 1.807) is 29.1 Å². The third-order valence-electron chi connectivity index (χ3n) is 8.28. The maximum atomic E-state index is 14.3. The van der Waals surface area contributed by atoms with Crippen molar-refractivity contribution in [3.05, 3.63) is 114 Å². The molecule has 0 spiro atoms. The van der Waals surface area contributed by atoms with Gasteiger partial charge >= 0.3 is 183 Å². The van der Waals surface area contributed by atoms with Crippen LogP contribution in [0.2, 0.25) is 0 Å². The van der Waals surface area contributed by atoms with Gasteiger partial charge in [0.1, 0.15) is 0 Å². The SMILES string of the molecule is CN1CC(=O)N2[C@@H](Cc3ccc(O[PH](O)(O)O)cc3)C(=O)N(Cc3cccc4ccccc34)C[C@@H]2N1C(=O)NCc1ccccc1. The van der Waals surface area contributed by atoms with Gasteiger partial charge in [0, 0.05) is 6.54 Å². The first-order valence-corrected chi connectivity index (χ1v) is 16.7. The number of rotatable bonds is 8. The van der Waals surface area contributed by atoms with Gasteiger partial charge in [0.25, 0.3) is 0 Å². The van der Waals surface area contributed by atoms with E-state index < -0.39 is 26.4 Å². The zero-order chi connectivity index (χ0) is 32.4. The van der Waals surface area contributed by atoms with Gasteiger partial charge in [-0.3, -0.25) is 0 Å². The number of likely N-dealkylation sites (N-methyl/N-ethyl adjacent to an activating group) is 1. The minimum Gasteiger partial charge on any atom is -0.0622 e. The normalized spacial score (nSPS) is 19.3. The fourth-order valence-corrected chi connectivity index (χ4v) is 6.67. The number of nitrogens with zero attached hydrogens (tertiary/aromatic N) is 4. The Morgan fingerprint density at radius 1 is 0.891 bits per heavy atom. The Bertz CT molecular complexity index is 1730. The van der Waals surface area contributed by atoms with E-state index in [0.717, 1.165) is 21.9 Å². The number of fused-ring (bicyclic) bond motifs is 2. The van der Waals surface area contributed by atoms with E-state index in [-0.39, 0.29) is 43.6 Å². The Hall–Kier alpha value is -4.58. The number of nitrogens with one attached hydrogen (secondary N) is 1. The van der Waals surface area contributed by atoms with Crippen molar-refractivity contribution in [3.63, 3.8) is 0 Å². The number of benzene rings is 4. The van der Waals surface area contributed by atoms with Gasteiger partial charge in [-0.05, 0) is 10.9 Å². The van der Waals surface area contributed by atoms with Crippen molar-refractivity contribution in [3.8, 4) is 5.75 Å². The van der Waals surface area contributed by atoms with Crippen LogP contribution in [0.15, 0.2) is 97.1 Å². The van der Waals surface area contributed by atoms with Crippen LogP contribution in [0.5, 0.6) is 5.75 Å². The van der Waals surface area contributed by atoms with Crippen LogP contribution in [-0.2, 0) is 29.1 Å². The summed E-state index contributed by atoms with van der Waals surface area (Å²) >= 11 is 0. The van der Waals surface area contributed by atoms with Crippen LogP contribution in [0.25, 0.3) is 10.8 Å². The average Bonchev–Trinajstić information content (AvgIpc) is 3.02. The average molecular weight is 646 g/mol. The van der Waals surface area contributed by atoms with Gasteiger partial charge in [0.15, 0.2) is 0 Å². The summed E-state index contributed by atoms with van der Waals surface area (Å²) in [5.74, 6) is -0.482. The molecule has 0 unspecified atom stereocenters. The van der Waals surface area contributed by atoms with E-state index in [2.05, 4.69) is 5.32 Å². The Morgan fingerprint density at radius 2 is 1.59 bits per heavy atom. The molecule has 0 radical (unpaired) electrons. The van der Waals surface area contributed by atoms with Crippen molar-refractivity contribution < 1.29 is 33.6 Å². The molecular weight excluding hydrogens is 609 g/mol. The van der Waals surface area contributed by atoms with Crippen molar-refractivity contribution in [1.82, 2.24) is 25.1 Å². The summed E-state index contributed by atoms with van der Waals surface area (Å²) < 4.78 is 4.81. The molecule has 0 saturated carbocycles. The number of hydrogen-bond donors (Lipinski definition) is 4. The summed E-state index contributed by atoms with van der Waals surface area (Å²) in [6.07, 6.45) is -0.636. The number of hydrogen-bond acceptors (Lipinski definition) is 8. The molecule has 4 N–H and O–H groups in total. The van der Waals surface area contributed by atoms with Crippen molar-refractivity contribution in [2.75, 3.05) is 20.1 Å². The molecule has 2 saturated heterocycles. The molecule has 2 aliphatic rings. The van der Waals surface area contributed by atoms with E-state index in [0.29, 0.717) is 12.1 Å². The van der Waals surface area contributed by atoms with Crippen LogP contribution in [0.4, 0.5) is 4.79 Å². The number of carbonyl (C=O) groups excluding carboxylic acids is 3. The predicted molar refractivity (Wildman–Crippen MR) is 173 cm³/mol. The second kappa shape index (κ2) is 13.0. The maximum absolute atomic E-state index is 14.3. The van der Waals surface area contributed by atoms with Crippen LogP contribution in [-0.4, -0.2) is 84.7 Å². The Labute approximate surface area is 266 Å². The van der Waals surface area contributed by atoms with Crippen LogP contribution in [0, 0.1) is 0 Å². The van der Waals surface area contributed by atoms with E-state index in [4.69, 9.17) is 4.52 Å². The molecule has 2 heterocycles. The molecule has 46 heavy (non-hydrogen) atoms. The third kappa shape index (κ3) is 6.81. The Kier molecular flexibility index (Phi) is 8.90. The zero-order valence-corrected chi connectivity index (χ0v) is 26.2. The summed E-state index contributed by atoms with van der Waals surface area (Å²) in [5.41, 5.74) is 2.54. The second-order valence-corrected chi connectivity index (χ2v) is 12.8. The van der Waals surface area contributed by atoms with Crippen molar-refractivity contribution >= 4 is 36.8 Å². The molecule has 2 fully saturated rings. The molecule has 4 amide bonds. The molecule has 12 nitrogen and oxygen atoms in total. The molecule has 13 heteroatoms. The van der Waals surface area contributed by atoms with Gasteiger partial charge in [0.2, 0.25) is 0 Å². The molecule has 0 aromatic heterocycles. The summed E-state index contributed by atoms with van der Waals surface area (Å²) in [6, 6.07) is 28.2. The summed E-state index contributed by atoms with van der Waals surface area (Å²) in [7, 11) is -3.10.